The SMILES string of the molecule is C=C(N)C(=C)ON. The van der Waals surface area contributed by atoms with Gasteiger partial charge in [0.25, 0.3) is 0 Å². The van der Waals surface area contributed by atoms with E-state index in [-0.39, 0.29) is 11.5 Å². The molecule has 0 bridgehead atoms. The average Bonchev–Trinajstić information content (AvgIpc) is 1.65. The largest absolute Gasteiger partial charge is 0.410 e. The van der Waals surface area contributed by atoms with Crippen molar-refractivity contribution in [1.82, 2.24) is 0 Å². The van der Waals surface area contributed by atoms with E-state index in [9.17, 15) is 0 Å². The van der Waals surface area contributed by atoms with Crippen molar-refractivity contribution in [3.63, 3.8) is 0 Å². The summed E-state index contributed by atoms with van der Waals surface area (Å²) < 4.78 is 0. The molecule has 0 atom stereocenters. The minimum Gasteiger partial charge on any atom is -0.410 e. The third-order valence-electron chi connectivity index (χ3n) is 0.500. The van der Waals surface area contributed by atoms with Gasteiger partial charge >= 0.3 is 0 Å². The van der Waals surface area contributed by atoms with Crippen LogP contribution in [0, 0.1) is 0 Å². The number of nitrogens with two attached hydrogens (primary N) is 2. The molecule has 0 aromatic rings. The summed E-state index contributed by atoms with van der Waals surface area (Å²) in [5.41, 5.74) is 5.30. The van der Waals surface area contributed by atoms with Gasteiger partial charge in [-0.25, -0.2) is 0 Å². The van der Waals surface area contributed by atoms with Crippen LogP contribution in [0.15, 0.2) is 24.6 Å². The quantitative estimate of drug-likeness (QED) is 0.288. The molecule has 40 valence electrons. The van der Waals surface area contributed by atoms with Crippen LogP contribution >= 0.6 is 0 Å². The van der Waals surface area contributed by atoms with E-state index in [2.05, 4.69) is 23.9 Å². The van der Waals surface area contributed by atoms with Crippen LogP contribution in [0.4, 0.5) is 0 Å². The molecule has 0 aromatic carbocycles. The summed E-state index contributed by atoms with van der Waals surface area (Å²) in [5, 5.41) is 0. The molecule has 7 heavy (non-hydrogen) atoms. The summed E-state index contributed by atoms with van der Waals surface area (Å²) >= 11 is 0. The van der Waals surface area contributed by atoms with E-state index in [0.717, 1.165) is 0 Å². The lowest BCUT2D eigenvalue weighted by Crippen LogP contribution is -2.05. The Morgan fingerprint density at radius 2 is 1.86 bits per heavy atom. The Hall–Kier alpha value is -0.960. The molecule has 0 aliphatic rings. The number of hydrogen-bond donors (Lipinski definition) is 2. The number of rotatable bonds is 2. The topological polar surface area (TPSA) is 61.3 Å². The van der Waals surface area contributed by atoms with Gasteiger partial charge in [0, 0.05) is 0 Å². The van der Waals surface area contributed by atoms with Crippen LogP contribution < -0.4 is 11.6 Å². The molecule has 0 rings (SSSR count). The van der Waals surface area contributed by atoms with Crippen LogP contribution in [-0.2, 0) is 4.84 Å². The molecule has 0 amide bonds. The molecule has 0 saturated heterocycles. The van der Waals surface area contributed by atoms with E-state index < -0.39 is 0 Å². The van der Waals surface area contributed by atoms with Gasteiger partial charge in [-0.3, -0.25) is 0 Å². The van der Waals surface area contributed by atoms with Gasteiger partial charge in [0.2, 0.25) is 0 Å². The van der Waals surface area contributed by atoms with Crippen molar-refractivity contribution >= 4 is 0 Å². The fourth-order valence-electron chi connectivity index (χ4n) is 0.0757. The van der Waals surface area contributed by atoms with Gasteiger partial charge in [0.1, 0.15) is 0 Å². The third-order valence-corrected chi connectivity index (χ3v) is 0.500. The molecule has 0 radical (unpaired) electrons. The summed E-state index contributed by atoms with van der Waals surface area (Å²) in [6.07, 6.45) is 0. The molecule has 0 aliphatic heterocycles. The van der Waals surface area contributed by atoms with Crippen molar-refractivity contribution in [3.8, 4) is 0 Å². The summed E-state index contributed by atoms with van der Waals surface area (Å²) in [4.78, 5) is 4.09. The zero-order valence-electron chi connectivity index (χ0n) is 3.98. The monoisotopic (exact) mass is 100 g/mol. The summed E-state index contributed by atoms with van der Waals surface area (Å²) in [6.45, 7) is 6.60. The van der Waals surface area contributed by atoms with Gasteiger partial charge in [-0.2, -0.15) is 5.90 Å². The Labute approximate surface area is 42.2 Å². The molecule has 0 spiro atoms. The second-order valence-corrected chi connectivity index (χ2v) is 1.07. The highest BCUT2D eigenvalue weighted by Gasteiger charge is 1.88. The van der Waals surface area contributed by atoms with Crippen molar-refractivity contribution in [2.45, 2.75) is 0 Å². The van der Waals surface area contributed by atoms with Crippen molar-refractivity contribution in [1.29, 1.82) is 0 Å². The zero-order chi connectivity index (χ0) is 5.86. The van der Waals surface area contributed by atoms with Gasteiger partial charge in [0.15, 0.2) is 5.76 Å². The standard InChI is InChI=1S/C4H8N2O/c1-3(5)4(2)7-6/h1-2,5-6H2. The molecule has 0 aliphatic carbocycles. The first kappa shape index (κ1) is 6.04. The van der Waals surface area contributed by atoms with Crippen LogP contribution in [0.3, 0.4) is 0 Å². The highest BCUT2D eigenvalue weighted by atomic mass is 16.6. The van der Waals surface area contributed by atoms with Crippen LogP contribution in [0.1, 0.15) is 0 Å². The fraction of sp³-hybridized carbons (Fsp3) is 0. The summed E-state index contributed by atoms with van der Waals surface area (Å²) in [5.74, 6) is 4.84. The Morgan fingerprint density at radius 3 is 1.86 bits per heavy atom. The average molecular weight is 100 g/mol. The van der Waals surface area contributed by atoms with Gasteiger partial charge in [-0.15, -0.1) is 0 Å². The second kappa shape index (κ2) is 2.25. The van der Waals surface area contributed by atoms with Crippen LogP contribution in [0.25, 0.3) is 0 Å². The number of hydrogen-bond acceptors (Lipinski definition) is 3. The maximum Gasteiger partial charge on any atom is 0.161 e. The zero-order valence-corrected chi connectivity index (χ0v) is 3.98. The van der Waals surface area contributed by atoms with E-state index >= 15 is 0 Å². The van der Waals surface area contributed by atoms with Crippen molar-refractivity contribution < 1.29 is 4.84 Å². The van der Waals surface area contributed by atoms with E-state index in [4.69, 9.17) is 5.73 Å². The normalized spacial score (nSPS) is 7.57. The molecule has 4 N–H and O–H groups in total. The van der Waals surface area contributed by atoms with E-state index in [1.807, 2.05) is 0 Å². The molecule has 0 saturated carbocycles. The minimum atomic E-state index is 0.208. The molecule has 0 heterocycles. The maximum atomic E-state index is 5.05. The van der Waals surface area contributed by atoms with Gasteiger partial charge in [0.05, 0.1) is 5.70 Å². The lowest BCUT2D eigenvalue weighted by atomic mass is 10.5. The van der Waals surface area contributed by atoms with E-state index in [0.29, 0.717) is 0 Å². The summed E-state index contributed by atoms with van der Waals surface area (Å²) in [7, 11) is 0. The highest BCUT2D eigenvalue weighted by Crippen LogP contribution is 1.92. The van der Waals surface area contributed by atoms with E-state index in [1.165, 1.54) is 0 Å². The molecule has 0 unspecified atom stereocenters. The Balaban J connectivity index is 3.58. The van der Waals surface area contributed by atoms with E-state index in [1.54, 1.807) is 0 Å². The maximum absolute atomic E-state index is 5.05. The fourth-order valence-corrected chi connectivity index (χ4v) is 0.0757. The van der Waals surface area contributed by atoms with Crippen molar-refractivity contribution in [2.24, 2.45) is 11.6 Å². The van der Waals surface area contributed by atoms with Crippen LogP contribution in [-0.4, -0.2) is 0 Å². The smallest absolute Gasteiger partial charge is 0.161 e. The van der Waals surface area contributed by atoms with Crippen molar-refractivity contribution in [2.75, 3.05) is 0 Å². The predicted octanol–water partition coefficient (Wildman–Crippen LogP) is -0.137. The second-order valence-electron chi connectivity index (χ2n) is 1.07. The molecule has 3 heteroatoms. The van der Waals surface area contributed by atoms with Crippen LogP contribution in [0.2, 0.25) is 0 Å². The Bertz CT molecular complexity index is 97.9. The Kier molecular flexibility index (Phi) is 1.95. The minimum absolute atomic E-state index is 0.208. The molecule has 3 nitrogen and oxygen atoms in total. The summed E-state index contributed by atoms with van der Waals surface area (Å²) in [6, 6.07) is 0. The highest BCUT2D eigenvalue weighted by molar-refractivity contribution is 5.13. The predicted molar refractivity (Wildman–Crippen MR) is 27.7 cm³/mol. The molecule has 0 aromatic heterocycles. The Morgan fingerprint density at radius 1 is 1.43 bits per heavy atom. The van der Waals surface area contributed by atoms with Gasteiger partial charge in [-0.05, 0) is 0 Å². The molecular weight excluding hydrogens is 92.1 g/mol. The molecule has 0 fully saturated rings. The first-order chi connectivity index (χ1) is 3.18. The first-order valence-electron chi connectivity index (χ1n) is 1.69. The van der Waals surface area contributed by atoms with Crippen molar-refractivity contribution in [3.05, 3.63) is 24.6 Å². The first-order valence-corrected chi connectivity index (χ1v) is 1.69. The third kappa shape index (κ3) is 1.83. The molecular formula is C4H8N2O. The van der Waals surface area contributed by atoms with Gasteiger partial charge < -0.3 is 10.6 Å². The van der Waals surface area contributed by atoms with Crippen LogP contribution in [0.5, 0.6) is 0 Å². The lowest BCUT2D eigenvalue weighted by Gasteiger charge is -1.97. The lowest BCUT2D eigenvalue weighted by molar-refractivity contribution is 0.230. The van der Waals surface area contributed by atoms with Gasteiger partial charge in [-0.1, -0.05) is 13.2 Å².